The van der Waals surface area contributed by atoms with Gasteiger partial charge in [-0.05, 0) is 68.1 Å². The second kappa shape index (κ2) is 11.0. The van der Waals surface area contributed by atoms with E-state index in [2.05, 4.69) is 6.92 Å². The fourth-order valence-electron chi connectivity index (χ4n) is 6.68. The molecule has 0 heteroatoms. The fraction of sp³-hybridized carbons (Fsp3) is 1.00. The summed E-state index contributed by atoms with van der Waals surface area (Å²) in [5.41, 5.74) is 0. The lowest BCUT2D eigenvalue weighted by molar-refractivity contribution is 0.111. The molecule has 3 aliphatic carbocycles. The Morgan fingerprint density at radius 2 is 0.960 bits per heavy atom. The van der Waals surface area contributed by atoms with Crippen LogP contribution in [-0.2, 0) is 0 Å². The van der Waals surface area contributed by atoms with E-state index in [0.717, 1.165) is 29.6 Å². The van der Waals surface area contributed by atoms with Gasteiger partial charge in [0.1, 0.15) is 0 Å². The quantitative estimate of drug-likeness (QED) is 0.386. The van der Waals surface area contributed by atoms with Gasteiger partial charge in [-0.15, -0.1) is 0 Å². The Kier molecular flexibility index (Phi) is 8.68. The molecule has 146 valence electrons. The molecule has 3 aliphatic rings. The predicted molar refractivity (Wildman–Crippen MR) is 111 cm³/mol. The summed E-state index contributed by atoms with van der Waals surface area (Å²) < 4.78 is 0. The summed E-state index contributed by atoms with van der Waals surface area (Å²) in [5, 5.41) is 0. The number of hydrogen-bond donors (Lipinski definition) is 0. The van der Waals surface area contributed by atoms with Gasteiger partial charge in [0, 0.05) is 0 Å². The molecule has 0 spiro atoms. The van der Waals surface area contributed by atoms with Crippen LogP contribution in [0.2, 0.25) is 0 Å². The Morgan fingerprint density at radius 1 is 0.480 bits per heavy atom. The summed E-state index contributed by atoms with van der Waals surface area (Å²) in [6.45, 7) is 2.32. The number of hydrogen-bond acceptors (Lipinski definition) is 0. The highest BCUT2D eigenvalue weighted by Crippen LogP contribution is 2.45. The van der Waals surface area contributed by atoms with E-state index in [1.807, 2.05) is 0 Å². The maximum Gasteiger partial charge on any atom is -0.0386 e. The zero-order valence-corrected chi connectivity index (χ0v) is 17.3. The molecule has 25 heavy (non-hydrogen) atoms. The van der Waals surface area contributed by atoms with Crippen LogP contribution in [0.25, 0.3) is 0 Å². The largest absolute Gasteiger partial charge is 0.0654 e. The van der Waals surface area contributed by atoms with E-state index in [9.17, 15) is 0 Å². The second-order valence-electron chi connectivity index (χ2n) is 10.1. The Morgan fingerprint density at radius 3 is 1.52 bits per heavy atom. The Labute approximate surface area is 158 Å². The Bertz CT molecular complexity index is 324. The van der Waals surface area contributed by atoms with Gasteiger partial charge in [0.2, 0.25) is 0 Å². The summed E-state index contributed by atoms with van der Waals surface area (Å²) in [4.78, 5) is 0. The van der Waals surface area contributed by atoms with E-state index < -0.39 is 0 Å². The predicted octanol–water partition coefficient (Wildman–Crippen LogP) is 8.54. The van der Waals surface area contributed by atoms with Crippen LogP contribution in [0.5, 0.6) is 0 Å². The third-order valence-corrected chi connectivity index (χ3v) is 8.41. The van der Waals surface area contributed by atoms with Crippen LogP contribution in [0.4, 0.5) is 0 Å². The lowest BCUT2D eigenvalue weighted by atomic mass is 9.65. The third kappa shape index (κ3) is 6.28. The molecule has 0 aromatic heterocycles. The van der Waals surface area contributed by atoms with E-state index >= 15 is 0 Å². The highest BCUT2D eigenvalue weighted by atomic mass is 14.4. The monoisotopic (exact) mass is 346 g/mol. The van der Waals surface area contributed by atoms with Crippen molar-refractivity contribution in [3.05, 3.63) is 0 Å². The van der Waals surface area contributed by atoms with E-state index in [-0.39, 0.29) is 0 Å². The van der Waals surface area contributed by atoms with Crippen molar-refractivity contribution in [3.8, 4) is 0 Å². The van der Waals surface area contributed by atoms with Gasteiger partial charge in [0.05, 0.1) is 0 Å². The fourth-order valence-corrected chi connectivity index (χ4v) is 6.68. The van der Waals surface area contributed by atoms with Crippen molar-refractivity contribution in [2.24, 2.45) is 29.6 Å². The highest BCUT2D eigenvalue weighted by molar-refractivity contribution is 4.84. The molecule has 3 rings (SSSR count). The van der Waals surface area contributed by atoms with Gasteiger partial charge in [0.25, 0.3) is 0 Å². The Balaban J connectivity index is 1.28. The van der Waals surface area contributed by atoms with Crippen molar-refractivity contribution in [3.63, 3.8) is 0 Å². The van der Waals surface area contributed by atoms with E-state index in [0.29, 0.717) is 0 Å². The minimum Gasteiger partial charge on any atom is -0.0654 e. The molecule has 0 atom stereocenters. The van der Waals surface area contributed by atoms with Crippen LogP contribution >= 0.6 is 0 Å². The molecule has 0 aliphatic heterocycles. The minimum atomic E-state index is 1.09. The maximum atomic E-state index is 2.32. The van der Waals surface area contributed by atoms with Crippen molar-refractivity contribution in [2.45, 2.75) is 129 Å². The molecule has 0 saturated heterocycles. The summed E-state index contributed by atoms with van der Waals surface area (Å²) in [6.07, 6.45) is 29.3. The van der Waals surface area contributed by atoms with Gasteiger partial charge in [-0.3, -0.25) is 0 Å². The molecule has 0 aromatic carbocycles. The van der Waals surface area contributed by atoms with Gasteiger partial charge in [-0.1, -0.05) is 90.4 Å². The van der Waals surface area contributed by atoms with Crippen LogP contribution in [0.3, 0.4) is 0 Å². The molecule has 3 saturated carbocycles. The van der Waals surface area contributed by atoms with Crippen LogP contribution in [0.15, 0.2) is 0 Å². The summed E-state index contributed by atoms with van der Waals surface area (Å²) >= 11 is 0. The molecule has 0 radical (unpaired) electrons. The summed E-state index contributed by atoms with van der Waals surface area (Å²) in [5.74, 6) is 5.57. The first-order chi connectivity index (χ1) is 12.4. The van der Waals surface area contributed by atoms with Gasteiger partial charge >= 0.3 is 0 Å². The number of rotatable bonds is 8. The lowest BCUT2D eigenvalue weighted by Gasteiger charge is -2.40. The van der Waals surface area contributed by atoms with Crippen LogP contribution < -0.4 is 0 Å². The minimum absolute atomic E-state index is 1.09. The van der Waals surface area contributed by atoms with Gasteiger partial charge < -0.3 is 0 Å². The van der Waals surface area contributed by atoms with Crippen LogP contribution in [-0.4, -0.2) is 0 Å². The van der Waals surface area contributed by atoms with Crippen molar-refractivity contribution >= 4 is 0 Å². The molecule has 0 unspecified atom stereocenters. The van der Waals surface area contributed by atoms with Gasteiger partial charge in [-0.25, -0.2) is 0 Å². The first kappa shape index (κ1) is 19.8. The lowest BCUT2D eigenvalue weighted by Crippen LogP contribution is -2.29. The third-order valence-electron chi connectivity index (χ3n) is 8.41. The van der Waals surface area contributed by atoms with Crippen molar-refractivity contribution in [1.82, 2.24) is 0 Å². The van der Waals surface area contributed by atoms with Crippen LogP contribution in [0, 0.1) is 29.6 Å². The smallest absolute Gasteiger partial charge is 0.0386 e. The number of unbranched alkanes of at least 4 members (excludes halogenated alkanes) is 4. The van der Waals surface area contributed by atoms with Gasteiger partial charge in [0.15, 0.2) is 0 Å². The summed E-state index contributed by atoms with van der Waals surface area (Å²) in [6, 6.07) is 0. The van der Waals surface area contributed by atoms with Crippen molar-refractivity contribution in [1.29, 1.82) is 0 Å². The van der Waals surface area contributed by atoms with E-state index in [4.69, 9.17) is 0 Å². The van der Waals surface area contributed by atoms with E-state index in [1.165, 1.54) is 51.4 Å². The molecular formula is C25H46. The SMILES string of the molecule is CCCCCCC[C@H]1CC[C@H]([C@H]2CC[C@H](C3CCCCC3)CC2)CC1. The zero-order chi connectivity index (χ0) is 17.3. The molecule has 0 amide bonds. The average molecular weight is 347 g/mol. The first-order valence-electron chi connectivity index (χ1n) is 12.4. The van der Waals surface area contributed by atoms with Crippen molar-refractivity contribution < 1.29 is 0 Å². The molecule has 0 N–H and O–H groups in total. The molecule has 0 nitrogen and oxygen atoms in total. The van der Waals surface area contributed by atoms with Crippen molar-refractivity contribution in [2.75, 3.05) is 0 Å². The average Bonchev–Trinajstić information content (AvgIpc) is 2.69. The first-order valence-corrected chi connectivity index (χ1v) is 12.4. The molecule has 0 heterocycles. The maximum absolute atomic E-state index is 2.32. The topological polar surface area (TPSA) is 0 Å². The zero-order valence-electron chi connectivity index (χ0n) is 17.3. The Hall–Kier alpha value is 0. The molecule has 0 aromatic rings. The highest BCUT2D eigenvalue weighted by Gasteiger charge is 2.33. The molecule has 0 bridgehead atoms. The van der Waals surface area contributed by atoms with Crippen LogP contribution in [0.1, 0.15) is 129 Å². The molecule has 3 fully saturated rings. The summed E-state index contributed by atoms with van der Waals surface area (Å²) in [7, 11) is 0. The van der Waals surface area contributed by atoms with E-state index in [1.54, 1.807) is 70.6 Å². The van der Waals surface area contributed by atoms with Gasteiger partial charge in [-0.2, -0.15) is 0 Å². The standard InChI is InChI=1S/C25H46/c1-2-3-4-5-7-10-21-13-15-23(16-14-21)25-19-17-24(18-20-25)22-11-8-6-9-12-22/h21-25H,2-20H2,1H3/t21-,23-,24-,25-. The molecular weight excluding hydrogens is 300 g/mol. The second-order valence-corrected chi connectivity index (χ2v) is 10.1. The normalized spacial score (nSPS) is 34.9.